The number of anilines is 2. The minimum absolute atomic E-state index is 0.115. The van der Waals surface area contributed by atoms with E-state index in [1.807, 2.05) is 0 Å². The normalized spacial score (nSPS) is 14.5. The Morgan fingerprint density at radius 3 is 2.73 bits per heavy atom. The number of carbonyl (C=O) groups is 4. The van der Waals surface area contributed by atoms with E-state index < -0.39 is 17.9 Å². The third-order valence-corrected chi connectivity index (χ3v) is 3.88. The van der Waals surface area contributed by atoms with Crippen molar-refractivity contribution in [3.8, 4) is 0 Å². The summed E-state index contributed by atoms with van der Waals surface area (Å²) in [6.07, 6.45) is 3.24. The molecule has 0 aliphatic carbocycles. The number of para-hydroxylation sites is 2. The largest absolute Gasteiger partial charge is 0.480 e. The third kappa shape index (κ3) is 4.92. The zero-order valence-electron chi connectivity index (χ0n) is 14.4. The van der Waals surface area contributed by atoms with Gasteiger partial charge in [0.25, 0.3) is 0 Å². The zero-order valence-corrected chi connectivity index (χ0v) is 14.4. The molecule has 26 heavy (non-hydrogen) atoms. The van der Waals surface area contributed by atoms with Crippen LogP contribution in [0.2, 0.25) is 0 Å². The van der Waals surface area contributed by atoms with Gasteiger partial charge in [-0.1, -0.05) is 24.3 Å². The van der Waals surface area contributed by atoms with Crippen LogP contribution in [-0.2, 0) is 19.2 Å². The van der Waals surface area contributed by atoms with Crippen LogP contribution < -0.4 is 15.5 Å². The summed E-state index contributed by atoms with van der Waals surface area (Å²) >= 11 is 0. The van der Waals surface area contributed by atoms with Gasteiger partial charge in [0, 0.05) is 12.8 Å². The molecule has 1 aromatic carbocycles. The number of hydrogen-bond acceptors (Lipinski definition) is 4. The zero-order chi connectivity index (χ0) is 19.1. The fourth-order valence-corrected chi connectivity index (χ4v) is 2.57. The minimum Gasteiger partial charge on any atom is -0.480 e. The number of hydrogen-bond donors (Lipinski definition) is 3. The van der Waals surface area contributed by atoms with Gasteiger partial charge in [0.1, 0.15) is 12.6 Å². The Morgan fingerprint density at radius 2 is 2.04 bits per heavy atom. The molecule has 3 amide bonds. The standard InChI is InChI=1S/C18H21N3O5/c1-2-3-6-13(18(25)26)20-15(22)9-10-17(24)21-11-16(23)19-12-7-4-5-8-14(12)21/h2-5,7-8,13H,6,9-11H2,1H3,(H,19,23)(H,20,22)(H,25,26)/b3-2+. The van der Waals surface area contributed by atoms with Crippen LogP contribution in [0.3, 0.4) is 0 Å². The molecule has 0 bridgehead atoms. The van der Waals surface area contributed by atoms with Crippen molar-refractivity contribution >= 4 is 35.1 Å². The molecule has 2 rings (SSSR count). The number of rotatable bonds is 7. The Bertz CT molecular complexity index is 744. The lowest BCUT2D eigenvalue weighted by Crippen LogP contribution is -2.43. The molecule has 138 valence electrons. The van der Waals surface area contributed by atoms with Gasteiger partial charge in [-0.25, -0.2) is 4.79 Å². The van der Waals surface area contributed by atoms with E-state index in [0.29, 0.717) is 11.4 Å². The molecule has 0 saturated heterocycles. The van der Waals surface area contributed by atoms with Crippen molar-refractivity contribution < 1.29 is 24.3 Å². The summed E-state index contributed by atoms with van der Waals surface area (Å²) < 4.78 is 0. The van der Waals surface area contributed by atoms with Crippen LogP contribution in [0.1, 0.15) is 26.2 Å². The van der Waals surface area contributed by atoms with E-state index in [-0.39, 0.29) is 37.6 Å². The molecule has 1 heterocycles. The van der Waals surface area contributed by atoms with Gasteiger partial charge in [0.05, 0.1) is 11.4 Å². The molecular formula is C18H21N3O5. The Labute approximate surface area is 150 Å². The number of carboxylic acids is 1. The molecule has 1 unspecified atom stereocenters. The molecule has 0 spiro atoms. The Morgan fingerprint density at radius 1 is 1.31 bits per heavy atom. The van der Waals surface area contributed by atoms with Gasteiger partial charge in [-0.2, -0.15) is 0 Å². The second-order valence-corrected chi connectivity index (χ2v) is 5.81. The number of nitrogens with one attached hydrogen (secondary N) is 2. The number of nitrogens with zero attached hydrogens (tertiary/aromatic N) is 1. The molecule has 8 heteroatoms. The number of fused-ring (bicyclic) bond motifs is 1. The maximum atomic E-state index is 12.4. The molecule has 0 radical (unpaired) electrons. The van der Waals surface area contributed by atoms with E-state index in [2.05, 4.69) is 10.6 Å². The highest BCUT2D eigenvalue weighted by Crippen LogP contribution is 2.29. The van der Waals surface area contributed by atoms with Crippen LogP contribution in [0.15, 0.2) is 36.4 Å². The molecule has 0 saturated carbocycles. The Hall–Kier alpha value is -3.16. The summed E-state index contributed by atoms with van der Waals surface area (Å²) in [5.74, 6) is -2.34. The molecular weight excluding hydrogens is 338 g/mol. The first-order valence-electron chi connectivity index (χ1n) is 8.25. The van der Waals surface area contributed by atoms with Gasteiger partial charge in [0.15, 0.2) is 0 Å². The SMILES string of the molecule is C/C=C/CC(NC(=O)CCC(=O)N1CC(=O)Nc2ccccc21)C(=O)O. The minimum atomic E-state index is -1.13. The summed E-state index contributed by atoms with van der Waals surface area (Å²) in [6, 6.07) is 5.87. The van der Waals surface area contributed by atoms with E-state index in [4.69, 9.17) is 5.11 Å². The van der Waals surface area contributed by atoms with Gasteiger partial charge < -0.3 is 20.6 Å². The fraction of sp³-hybridized carbons (Fsp3) is 0.333. The lowest BCUT2D eigenvalue weighted by molar-refractivity contribution is -0.141. The van der Waals surface area contributed by atoms with Gasteiger partial charge in [0.2, 0.25) is 17.7 Å². The van der Waals surface area contributed by atoms with Crippen molar-refractivity contribution in [2.45, 2.75) is 32.2 Å². The van der Waals surface area contributed by atoms with Crippen LogP contribution in [0, 0.1) is 0 Å². The molecule has 1 aliphatic heterocycles. The van der Waals surface area contributed by atoms with Crippen LogP contribution in [0.25, 0.3) is 0 Å². The first kappa shape index (κ1) is 19.2. The lowest BCUT2D eigenvalue weighted by atomic mass is 10.1. The molecule has 1 aromatic rings. The second-order valence-electron chi connectivity index (χ2n) is 5.81. The first-order chi connectivity index (χ1) is 12.4. The van der Waals surface area contributed by atoms with Crippen LogP contribution in [-0.4, -0.2) is 41.4 Å². The summed E-state index contributed by atoms with van der Waals surface area (Å²) in [6.45, 7) is 1.64. The average Bonchev–Trinajstić information content (AvgIpc) is 2.62. The smallest absolute Gasteiger partial charge is 0.326 e. The maximum Gasteiger partial charge on any atom is 0.326 e. The predicted molar refractivity (Wildman–Crippen MR) is 95.7 cm³/mol. The lowest BCUT2D eigenvalue weighted by Gasteiger charge is -2.29. The van der Waals surface area contributed by atoms with Crippen molar-refractivity contribution in [2.75, 3.05) is 16.8 Å². The summed E-state index contributed by atoms with van der Waals surface area (Å²) in [5, 5.41) is 14.2. The number of carbonyl (C=O) groups excluding carboxylic acids is 3. The van der Waals surface area contributed by atoms with Gasteiger partial charge in [-0.05, 0) is 25.5 Å². The fourth-order valence-electron chi connectivity index (χ4n) is 2.57. The molecule has 8 nitrogen and oxygen atoms in total. The Balaban J connectivity index is 1.95. The van der Waals surface area contributed by atoms with Crippen molar-refractivity contribution in [3.05, 3.63) is 36.4 Å². The highest BCUT2D eigenvalue weighted by molar-refractivity contribution is 6.10. The van der Waals surface area contributed by atoms with E-state index in [1.54, 1.807) is 43.3 Å². The third-order valence-electron chi connectivity index (χ3n) is 3.88. The van der Waals surface area contributed by atoms with Gasteiger partial charge in [-0.3, -0.25) is 14.4 Å². The van der Waals surface area contributed by atoms with Crippen LogP contribution in [0.5, 0.6) is 0 Å². The summed E-state index contributed by atoms with van der Waals surface area (Å²) in [5.41, 5.74) is 1.12. The average molecular weight is 359 g/mol. The van der Waals surface area contributed by atoms with Crippen LogP contribution >= 0.6 is 0 Å². The molecule has 1 atom stereocenters. The first-order valence-corrected chi connectivity index (χ1v) is 8.25. The van der Waals surface area contributed by atoms with Crippen molar-refractivity contribution in [2.24, 2.45) is 0 Å². The predicted octanol–water partition coefficient (Wildman–Crippen LogP) is 1.29. The highest BCUT2D eigenvalue weighted by Gasteiger charge is 2.27. The molecule has 0 fully saturated rings. The van der Waals surface area contributed by atoms with Gasteiger partial charge in [-0.15, -0.1) is 0 Å². The van der Waals surface area contributed by atoms with Gasteiger partial charge >= 0.3 is 5.97 Å². The van der Waals surface area contributed by atoms with Crippen molar-refractivity contribution in [3.63, 3.8) is 0 Å². The summed E-state index contributed by atoms with van der Waals surface area (Å²) in [4.78, 5) is 48.6. The molecule has 1 aliphatic rings. The molecule has 0 aromatic heterocycles. The van der Waals surface area contributed by atoms with Crippen molar-refractivity contribution in [1.29, 1.82) is 0 Å². The maximum absolute atomic E-state index is 12.4. The van der Waals surface area contributed by atoms with Crippen molar-refractivity contribution in [1.82, 2.24) is 5.32 Å². The quantitative estimate of drug-likeness (QED) is 0.635. The monoisotopic (exact) mass is 359 g/mol. The van der Waals surface area contributed by atoms with E-state index in [0.717, 1.165) is 0 Å². The van der Waals surface area contributed by atoms with E-state index in [9.17, 15) is 19.2 Å². The van der Waals surface area contributed by atoms with Crippen LogP contribution in [0.4, 0.5) is 11.4 Å². The Kier molecular flexibility index (Phi) is 6.48. The summed E-state index contributed by atoms with van der Waals surface area (Å²) in [7, 11) is 0. The number of carboxylic acid groups (broad SMARTS) is 1. The number of benzene rings is 1. The highest BCUT2D eigenvalue weighted by atomic mass is 16.4. The second kappa shape index (κ2) is 8.80. The number of allylic oxidation sites excluding steroid dienone is 1. The van der Waals surface area contributed by atoms with E-state index in [1.165, 1.54) is 4.90 Å². The molecule has 3 N–H and O–H groups in total. The number of aliphatic carboxylic acids is 1. The van der Waals surface area contributed by atoms with E-state index >= 15 is 0 Å². The number of amides is 3. The topological polar surface area (TPSA) is 116 Å².